The normalized spacial score (nSPS) is 20.1. The molecule has 0 aromatic heterocycles. The molecule has 4 rings (SSSR count). The first-order chi connectivity index (χ1) is 12.2. The van der Waals surface area contributed by atoms with Gasteiger partial charge in [-0.2, -0.15) is 0 Å². The molecule has 127 valence electrons. The number of halogens is 2. The minimum absolute atomic E-state index is 0.00866. The van der Waals surface area contributed by atoms with Gasteiger partial charge in [-0.1, -0.05) is 60.7 Å². The Morgan fingerprint density at radius 1 is 0.760 bits per heavy atom. The Bertz CT molecular complexity index is 740. The average Bonchev–Trinajstić information content (AvgIpc) is 3.12. The molecule has 2 aliphatic carbocycles. The SMILES string of the molecule is C[CH2][Zr].ClC1C(CCC2=Cc3ccccc3C2Cl)=Cc2ccccc21. The van der Waals surface area contributed by atoms with E-state index < -0.39 is 0 Å². The third kappa shape index (κ3) is 4.21. The molecule has 0 nitrogen and oxygen atoms in total. The first-order valence-corrected chi connectivity index (χ1v) is 11.3. The predicted octanol–water partition coefficient (Wildman–Crippen LogP) is 7.49. The summed E-state index contributed by atoms with van der Waals surface area (Å²) in [7, 11) is 0. The van der Waals surface area contributed by atoms with Crippen LogP contribution in [-0.2, 0) is 24.7 Å². The number of benzene rings is 2. The van der Waals surface area contributed by atoms with Crippen LogP contribution in [0.3, 0.4) is 0 Å². The summed E-state index contributed by atoms with van der Waals surface area (Å²) in [6.45, 7) is 2.16. The Hall–Kier alpha value is -0.617. The van der Waals surface area contributed by atoms with Gasteiger partial charge in [0, 0.05) is 0 Å². The van der Waals surface area contributed by atoms with Crippen LogP contribution in [0, 0.1) is 0 Å². The third-order valence-corrected chi connectivity index (χ3v) is 5.60. The van der Waals surface area contributed by atoms with Gasteiger partial charge < -0.3 is 0 Å². The molecule has 25 heavy (non-hydrogen) atoms. The van der Waals surface area contributed by atoms with Gasteiger partial charge in [-0.05, 0) is 46.2 Å². The summed E-state index contributed by atoms with van der Waals surface area (Å²) in [5.74, 6) is 0. The number of alkyl halides is 2. The zero-order chi connectivity index (χ0) is 17.8. The van der Waals surface area contributed by atoms with Gasteiger partial charge in [0.05, 0.1) is 10.8 Å². The van der Waals surface area contributed by atoms with Crippen molar-refractivity contribution < 1.29 is 24.7 Å². The first-order valence-electron chi connectivity index (χ1n) is 8.67. The molecule has 0 aliphatic heterocycles. The van der Waals surface area contributed by atoms with Crippen LogP contribution in [-0.4, -0.2) is 0 Å². The Morgan fingerprint density at radius 2 is 1.12 bits per heavy atom. The fourth-order valence-corrected chi connectivity index (χ4v) is 4.12. The van der Waals surface area contributed by atoms with Crippen LogP contribution < -0.4 is 0 Å². The van der Waals surface area contributed by atoms with Crippen molar-refractivity contribution in [2.75, 3.05) is 0 Å². The van der Waals surface area contributed by atoms with Crippen LogP contribution in [0.1, 0.15) is 52.8 Å². The third-order valence-electron chi connectivity index (χ3n) is 4.57. The Morgan fingerprint density at radius 3 is 1.48 bits per heavy atom. The average molecular weight is 448 g/mol. The molecule has 0 fully saturated rings. The molecular formula is C22H21Cl2Zr. The summed E-state index contributed by atoms with van der Waals surface area (Å²) in [6.07, 6.45) is 6.40. The number of fused-ring (bicyclic) bond motifs is 2. The van der Waals surface area contributed by atoms with E-state index in [2.05, 4.69) is 67.6 Å². The van der Waals surface area contributed by atoms with Gasteiger partial charge in [0.25, 0.3) is 0 Å². The van der Waals surface area contributed by atoms with Crippen LogP contribution in [0.4, 0.5) is 0 Å². The van der Waals surface area contributed by atoms with E-state index in [9.17, 15) is 0 Å². The smallest absolute Gasteiger partial charge is 0.0804 e. The van der Waals surface area contributed by atoms with Crippen molar-refractivity contribution in [2.24, 2.45) is 0 Å². The zero-order valence-electron chi connectivity index (χ0n) is 14.3. The monoisotopic (exact) mass is 445 g/mol. The van der Waals surface area contributed by atoms with Gasteiger partial charge in [0.15, 0.2) is 0 Å². The molecule has 0 saturated heterocycles. The standard InChI is InChI=1S/C20H16Cl2.C2H5.Zr/c21-19-15(11-13-5-1-3-7-17(13)19)9-10-16-12-14-6-2-4-8-18(14)20(16)22;1-2;/h1-8,11-12,19-20H,9-10H2;1H2,2H3;. The second-order valence-corrected chi connectivity index (χ2v) is 8.89. The van der Waals surface area contributed by atoms with Gasteiger partial charge >= 0.3 is 35.8 Å². The van der Waals surface area contributed by atoms with Crippen molar-refractivity contribution >= 4 is 35.4 Å². The maximum absolute atomic E-state index is 6.60. The van der Waals surface area contributed by atoms with Crippen molar-refractivity contribution in [3.63, 3.8) is 0 Å². The molecule has 2 atom stereocenters. The number of hydrogen-bond acceptors (Lipinski definition) is 0. The van der Waals surface area contributed by atoms with Crippen LogP contribution >= 0.6 is 23.2 Å². The quantitative estimate of drug-likeness (QED) is 0.428. The Labute approximate surface area is 175 Å². The van der Waals surface area contributed by atoms with Crippen LogP contribution in [0.5, 0.6) is 0 Å². The molecule has 3 heteroatoms. The largest absolute Gasteiger partial charge is 0.113 e. The second-order valence-electron chi connectivity index (χ2n) is 6.28. The molecular weight excluding hydrogens is 426 g/mol. The molecule has 0 saturated carbocycles. The predicted molar refractivity (Wildman–Crippen MR) is 106 cm³/mol. The summed E-state index contributed by atoms with van der Waals surface area (Å²) in [6, 6.07) is 16.7. The summed E-state index contributed by atoms with van der Waals surface area (Å²) < 4.78 is 1.34. The topological polar surface area (TPSA) is 0 Å². The van der Waals surface area contributed by atoms with E-state index >= 15 is 0 Å². The van der Waals surface area contributed by atoms with Gasteiger partial charge in [-0.3, -0.25) is 0 Å². The first kappa shape index (κ1) is 19.2. The maximum atomic E-state index is 6.60. The van der Waals surface area contributed by atoms with Crippen molar-refractivity contribution in [2.45, 2.75) is 34.6 Å². The molecule has 2 aromatic carbocycles. The fourth-order valence-electron chi connectivity index (χ4n) is 3.38. The van der Waals surface area contributed by atoms with E-state index in [1.165, 1.54) is 37.5 Å². The van der Waals surface area contributed by atoms with Gasteiger partial charge in [0.2, 0.25) is 0 Å². The number of allylic oxidation sites excluding steroid dienone is 2. The summed E-state index contributed by atoms with van der Waals surface area (Å²) in [5.41, 5.74) is 7.55. The van der Waals surface area contributed by atoms with Crippen LogP contribution in [0.25, 0.3) is 12.2 Å². The van der Waals surface area contributed by atoms with Gasteiger partial charge in [0.1, 0.15) is 0 Å². The van der Waals surface area contributed by atoms with Crippen molar-refractivity contribution in [1.82, 2.24) is 0 Å². The summed E-state index contributed by atoms with van der Waals surface area (Å²) in [5, 5.41) is 0.0173. The summed E-state index contributed by atoms with van der Waals surface area (Å²) >= 11 is 14.8. The van der Waals surface area contributed by atoms with E-state index in [-0.39, 0.29) is 10.8 Å². The van der Waals surface area contributed by atoms with Crippen molar-refractivity contribution in [1.29, 1.82) is 0 Å². The number of rotatable bonds is 3. The Kier molecular flexibility index (Phi) is 6.78. The molecule has 0 radical (unpaired) electrons. The molecule has 2 aliphatic rings. The summed E-state index contributed by atoms with van der Waals surface area (Å²) in [4.78, 5) is 0. The molecule has 0 spiro atoms. The van der Waals surface area contributed by atoms with Gasteiger partial charge in [-0.15, -0.1) is 23.2 Å². The van der Waals surface area contributed by atoms with E-state index in [1.807, 2.05) is 0 Å². The minimum atomic E-state index is 0.00866. The Balaban J connectivity index is 0.000000569. The van der Waals surface area contributed by atoms with E-state index in [0.29, 0.717) is 0 Å². The molecule has 2 unspecified atom stereocenters. The number of hydrogen-bond donors (Lipinski definition) is 0. The molecule has 0 amide bonds. The maximum Gasteiger partial charge on any atom is 0.0804 e. The zero-order valence-corrected chi connectivity index (χ0v) is 18.3. The molecule has 0 heterocycles. The molecule has 2 aromatic rings. The van der Waals surface area contributed by atoms with E-state index in [0.717, 1.165) is 12.8 Å². The second kappa shape index (κ2) is 8.85. The van der Waals surface area contributed by atoms with Crippen LogP contribution in [0.15, 0.2) is 59.7 Å². The van der Waals surface area contributed by atoms with E-state index in [4.69, 9.17) is 23.2 Å². The van der Waals surface area contributed by atoms with E-state index in [1.54, 1.807) is 24.7 Å². The van der Waals surface area contributed by atoms with Gasteiger partial charge in [-0.25, -0.2) is 0 Å². The minimum Gasteiger partial charge on any atom is -0.113 e. The van der Waals surface area contributed by atoms with Crippen molar-refractivity contribution in [3.8, 4) is 0 Å². The molecule has 0 N–H and O–H groups in total. The molecule has 0 bridgehead atoms. The van der Waals surface area contributed by atoms with Crippen molar-refractivity contribution in [3.05, 3.63) is 81.9 Å². The fraction of sp³-hybridized carbons (Fsp3) is 0.273. The van der Waals surface area contributed by atoms with Crippen LogP contribution in [0.2, 0.25) is 4.13 Å².